The molecular weight excluding hydrogens is 1040 g/mol. The van der Waals surface area contributed by atoms with Crippen LogP contribution in [0, 0.1) is 17.7 Å². The fourth-order valence-electron chi connectivity index (χ4n) is 13.4. The van der Waals surface area contributed by atoms with E-state index in [0.717, 1.165) is 124 Å². The Hall–Kier alpha value is -7.26. The number of ether oxygens (including phenoxy) is 1. The quantitative estimate of drug-likeness (QED) is 0.0719. The van der Waals surface area contributed by atoms with Crippen molar-refractivity contribution in [2.24, 2.45) is 18.9 Å². The number of nitrogens with zero attached hydrogens (tertiary/aromatic N) is 11. The molecule has 82 heavy (non-hydrogen) atoms. The summed E-state index contributed by atoms with van der Waals surface area (Å²) in [5.74, 6) is 0.435. The van der Waals surface area contributed by atoms with Crippen molar-refractivity contribution in [3.8, 4) is 34.3 Å². The number of fused-ring (bicyclic) bond motifs is 4. The van der Waals surface area contributed by atoms with Gasteiger partial charge in [0, 0.05) is 108 Å². The summed E-state index contributed by atoms with van der Waals surface area (Å²) in [4.78, 5) is 53.6. The minimum atomic E-state index is -0.823. The van der Waals surface area contributed by atoms with E-state index >= 15 is 4.39 Å². The maximum absolute atomic E-state index is 17.1. The number of aryl methyl sites for hydroxylation is 2. The first kappa shape index (κ1) is 55.3. The number of aromatic hydroxyl groups is 1. The van der Waals surface area contributed by atoms with Crippen LogP contribution in [0.4, 0.5) is 16.0 Å². The van der Waals surface area contributed by atoms with Crippen LogP contribution in [-0.2, 0) is 23.1 Å². The number of likely N-dealkylation sites (tertiary alicyclic amines) is 2. The van der Waals surface area contributed by atoms with Crippen LogP contribution >= 0.6 is 0 Å². The topological polar surface area (TPSA) is 207 Å². The number of carbonyl (C=O) groups excluding carboxylic acids is 2. The van der Waals surface area contributed by atoms with Crippen LogP contribution in [0.15, 0.2) is 83.6 Å². The number of β-amino-alcohol motifs (C(OH)–C–C–N with tert-alkyl or cyclic N) is 1. The highest BCUT2D eigenvalue weighted by Gasteiger charge is 2.44. The molecule has 0 spiro atoms. The molecule has 20 heteroatoms. The van der Waals surface area contributed by atoms with E-state index in [1.54, 1.807) is 24.5 Å². The van der Waals surface area contributed by atoms with E-state index in [1.165, 1.54) is 4.90 Å². The number of piperazine rings is 2. The monoisotopic (exact) mass is 1120 g/mol. The molecule has 2 bridgehead atoms. The number of hydrogen-bond donors (Lipinski definition) is 4. The van der Waals surface area contributed by atoms with Gasteiger partial charge < -0.3 is 44.8 Å². The Bertz CT molecular complexity index is 3420. The molecule has 4 aromatic heterocycles. The van der Waals surface area contributed by atoms with Crippen molar-refractivity contribution in [2.75, 3.05) is 88.4 Å². The lowest BCUT2D eigenvalue weighted by molar-refractivity contribution is -0.141. The fraction of sp³-hybridized carbons (Fsp3) is 0.500. The number of anilines is 2. The van der Waals surface area contributed by atoms with Crippen molar-refractivity contribution >= 4 is 45.1 Å². The molecule has 5 aliphatic heterocycles. The Balaban J connectivity index is 0.634. The normalized spacial score (nSPS) is 21.7. The smallest absolute Gasteiger partial charge is 0.319 e. The number of phenolic OH excluding ortho intramolecular Hbond substituents is 1. The number of phenols is 1. The van der Waals surface area contributed by atoms with Gasteiger partial charge in [0.25, 0.3) is 0 Å². The van der Waals surface area contributed by atoms with Gasteiger partial charge in [0.1, 0.15) is 41.3 Å². The highest BCUT2D eigenvalue weighted by atomic mass is 19.1. The first-order chi connectivity index (χ1) is 39.7. The number of amides is 2. The minimum Gasteiger partial charge on any atom is -0.508 e. The standard InChI is InChI=1S/C62H76FN13O6/c1-6-40-8-7-9-43-28-46(77)29-48(55(40)43)57-56(63)58-49(32-64-57)59(75-34-44-14-15-45(35-75)67-44)69-62(68-58)81-27-26-72-20-17-39(18-21-72)33-73-22-24-74(25-23-73)53-31-52(82-70-53)54(37(2)3)61(80)76-36-47(78)30-51(76)60(79)66-38(4)41-10-12-42(13-11-41)50-16-19-65-71(50)5/h7-13,16,19,28-29,31-32,37-39,44-45,47,51,54,67,77-78H,6,14-15,17-18,20-27,30,33-36H2,1-5H3,(H,66,79)/t38-,44?,45?,47+,51-,54-/m0/s1. The SMILES string of the molecule is CCc1cccc2cc(O)cc(-c3ncc4c(N5CC6CCC(C5)N6)nc(OCCN5CCC(CN6CCN(c7cc([C@@H](C(=O)N8C[C@H](O)C[C@H]8C(=O)N[C@@H](C)c8ccc(-c9ccnn9C)cc8)C(C)C)on7)CC6)CC5)nc4c3F)c12. The molecule has 2 unspecified atom stereocenters. The van der Waals surface area contributed by atoms with Crippen molar-refractivity contribution in [2.45, 2.75) is 102 Å². The summed E-state index contributed by atoms with van der Waals surface area (Å²) >= 11 is 0. The van der Waals surface area contributed by atoms with Crippen LogP contribution in [-0.4, -0.2) is 169 Å². The maximum atomic E-state index is 17.1. The molecule has 5 fully saturated rings. The first-order valence-corrected chi connectivity index (χ1v) is 29.5. The van der Waals surface area contributed by atoms with Crippen LogP contribution < -0.4 is 25.2 Å². The summed E-state index contributed by atoms with van der Waals surface area (Å²) < 4.78 is 31.3. The van der Waals surface area contributed by atoms with E-state index in [2.05, 4.69) is 47.4 Å². The molecular formula is C62H76FN13O6. The molecule has 0 aliphatic carbocycles. The second kappa shape index (κ2) is 23.5. The Morgan fingerprint density at radius 3 is 2.39 bits per heavy atom. The number of aromatic nitrogens is 6. The molecule has 4 N–H and O–H groups in total. The molecule has 9 heterocycles. The minimum absolute atomic E-state index is 0.0445. The number of rotatable bonds is 17. The average Bonchev–Trinajstić information content (AvgIpc) is 3.28. The number of aliphatic hydroxyl groups excluding tert-OH is 1. The van der Waals surface area contributed by atoms with Crippen LogP contribution in [0.2, 0.25) is 0 Å². The van der Waals surface area contributed by atoms with Crippen molar-refractivity contribution in [1.29, 1.82) is 0 Å². The number of pyridine rings is 1. The Labute approximate surface area is 477 Å². The summed E-state index contributed by atoms with van der Waals surface area (Å²) in [6.07, 6.45) is 7.83. The third-order valence-electron chi connectivity index (χ3n) is 17.9. The van der Waals surface area contributed by atoms with E-state index in [0.29, 0.717) is 59.5 Å². The van der Waals surface area contributed by atoms with Crippen LogP contribution in [0.5, 0.6) is 11.8 Å². The van der Waals surface area contributed by atoms with Gasteiger partial charge in [0.2, 0.25) is 11.8 Å². The molecule has 7 aromatic rings. The summed E-state index contributed by atoms with van der Waals surface area (Å²) in [5, 5.41) is 39.4. The molecule has 5 aliphatic rings. The van der Waals surface area contributed by atoms with Crippen molar-refractivity contribution in [3.63, 3.8) is 0 Å². The van der Waals surface area contributed by atoms with Gasteiger partial charge in [-0.25, -0.2) is 4.39 Å². The highest BCUT2D eigenvalue weighted by molar-refractivity contribution is 6.02. The van der Waals surface area contributed by atoms with E-state index in [1.807, 2.05) is 87.1 Å². The van der Waals surface area contributed by atoms with Crippen LogP contribution in [0.3, 0.4) is 0 Å². The number of halogens is 1. The summed E-state index contributed by atoms with van der Waals surface area (Å²) in [7, 11) is 1.90. The van der Waals surface area contributed by atoms with Gasteiger partial charge in [0.15, 0.2) is 17.4 Å². The van der Waals surface area contributed by atoms with Crippen LogP contribution in [0.1, 0.15) is 88.6 Å². The van der Waals surface area contributed by atoms with E-state index in [9.17, 15) is 19.8 Å². The maximum Gasteiger partial charge on any atom is 0.319 e. The number of carbonyl (C=O) groups is 2. The van der Waals surface area contributed by atoms with Gasteiger partial charge >= 0.3 is 6.01 Å². The lowest BCUT2D eigenvalue weighted by Gasteiger charge is -2.38. The predicted octanol–water partition coefficient (Wildman–Crippen LogP) is 7.07. The average molecular weight is 1120 g/mol. The first-order valence-electron chi connectivity index (χ1n) is 29.5. The van der Waals surface area contributed by atoms with Gasteiger partial charge in [-0.15, -0.1) is 0 Å². The zero-order valence-corrected chi connectivity index (χ0v) is 47.7. The molecule has 432 valence electrons. The van der Waals surface area contributed by atoms with Gasteiger partial charge in [-0.05, 0) is 110 Å². The summed E-state index contributed by atoms with van der Waals surface area (Å²) in [5.41, 5.74) is 4.79. The predicted molar refractivity (Wildman–Crippen MR) is 312 cm³/mol. The molecule has 6 atom stereocenters. The molecule has 0 saturated carbocycles. The van der Waals surface area contributed by atoms with Gasteiger partial charge in [-0.2, -0.15) is 15.1 Å². The number of hydrogen-bond acceptors (Lipinski definition) is 16. The molecule has 12 rings (SSSR count). The number of benzene rings is 3. The molecule has 5 saturated heterocycles. The van der Waals surface area contributed by atoms with Crippen LogP contribution in [0.25, 0.3) is 44.2 Å². The zero-order chi connectivity index (χ0) is 56.8. The Morgan fingerprint density at radius 2 is 1.67 bits per heavy atom. The highest BCUT2D eigenvalue weighted by Crippen LogP contribution is 2.40. The van der Waals surface area contributed by atoms with E-state index < -0.39 is 23.9 Å². The summed E-state index contributed by atoms with van der Waals surface area (Å²) in [6.45, 7) is 16.8. The third-order valence-corrected chi connectivity index (χ3v) is 17.9. The van der Waals surface area contributed by atoms with E-state index in [4.69, 9.17) is 24.2 Å². The number of nitrogens with one attached hydrogen (secondary N) is 2. The third kappa shape index (κ3) is 11.3. The van der Waals surface area contributed by atoms with Gasteiger partial charge in [-0.3, -0.25) is 29.1 Å². The molecule has 3 aromatic carbocycles. The Kier molecular flexibility index (Phi) is 15.9. The second-order valence-corrected chi connectivity index (χ2v) is 23.7. The van der Waals surface area contributed by atoms with E-state index in [-0.39, 0.29) is 59.7 Å². The van der Waals surface area contributed by atoms with Crippen molar-refractivity contribution in [1.82, 2.24) is 55.2 Å². The van der Waals surface area contributed by atoms with Gasteiger partial charge in [0.05, 0.1) is 23.2 Å². The Morgan fingerprint density at radius 1 is 0.902 bits per heavy atom. The number of piperidine rings is 1. The van der Waals surface area contributed by atoms with Crippen molar-refractivity contribution < 1.29 is 33.5 Å². The molecule has 0 radical (unpaired) electrons. The molecule has 2 amide bonds. The number of aliphatic hydroxyl groups is 1. The zero-order valence-electron chi connectivity index (χ0n) is 47.7. The lowest BCUT2D eigenvalue weighted by Crippen LogP contribution is -2.51. The summed E-state index contributed by atoms with van der Waals surface area (Å²) in [6, 6.07) is 20.7. The second-order valence-electron chi connectivity index (χ2n) is 23.7. The fourth-order valence-corrected chi connectivity index (χ4v) is 13.4. The van der Waals surface area contributed by atoms with Crippen molar-refractivity contribution in [3.05, 3.63) is 102 Å². The van der Waals surface area contributed by atoms with Gasteiger partial charge in [-0.1, -0.05) is 68.4 Å². The molecule has 19 nitrogen and oxygen atoms in total. The lowest BCUT2D eigenvalue weighted by atomic mass is 9.91. The largest absolute Gasteiger partial charge is 0.508 e.